The smallest absolute Gasteiger partial charge is 0.305 e. The monoisotopic (exact) mass is 189 g/mol. The molecule has 0 amide bonds. The molecule has 1 aromatic heterocycles. The van der Waals surface area contributed by atoms with Crippen molar-refractivity contribution in [1.82, 2.24) is 0 Å². The molecule has 3 nitrogen and oxygen atoms in total. The molecule has 1 unspecified atom stereocenters. The number of aliphatic carboxylic acids is 1. The lowest BCUT2D eigenvalue weighted by Crippen LogP contribution is -2.14. The molecule has 1 heterocycles. The molecule has 0 fully saturated rings. The van der Waals surface area contributed by atoms with Gasteiger partial charge in [-0.3, -0.25) is 4.79 Å². The van der Waals surface area contributed by atoms with Crippen LogP contribution in [0.4, 0.5) is 4.39 Å². The van der Waals surface area contributed by atoms with Gasteiger partial charge in [-0.1, -0.05) is 0 Å². The molecule has 1 rings (SSSR count). The predicted molar refractivity (Wildman–Crippen MR) is 43.5 cm³/mol. The molecule has 0 saturated heterocycles. The Kier molecular flexibility index (Phi) is 2.78. The lowest BCUT2D eigenvalue weighted by Gasteiger charge is -2.04. The number of carboxylic acid groups (broad SMARTS) is 1. The topological polar surface area (TPSA) is 63.3 Å². The summed E-state index contributed by atoms with van der Waals surface area (Å²) >= 11 is 0.920. The lowest BCUT2D eigenvalue weighted by atomic mass is 10.1. The van der Waals surface area contributed by atoms with E-state index in [9.17, 15) is 9.18 Å². The van der Waals surface area contributed by atoms with Crippen LogP contribution >= 0.6 is 11.3 Å². The van der Waals surface area contributed by atoms with Crippen LogP contribution in [0.25, 0.3) is 0 Å². The van der Waals surface area contributed by atoms with Gasteiger partial charge >= 0.3 is 5.97 Å². The minimum Gasteiger partial charge on any atom is -0.481 e. The lowest BCUT2D eigenvalue weighted by molar-refractivity contribution is -0.137. The maximum absolute atomic E-state index is 12.4. The first-order valence-electron chi connectivity index (χ1n) is 3.31. The second-order valence-corrected chi connectivity index (χ2v) is 3.25. The van der Waals surface area contributed by atoms with E-state index >= 15 is 0 Å². The molecule has 0 aromatic carbocycles. The maximum atomic E-state index is 12.4. The Labute approximate surface area is 72.6 Å². The molecule has 1 atom stereocenters. The normalized spacial score (nSPS) is 12.8. The largest absolute Gasteiger partial charge is 0.481 e. The van der Waals surface area contributed by atoms with Gasteiger partial charge in [0.25, 0.3) is 0 Å². The van der Waals surface area contributed by atoms with E-state index in [4.69, 9.17) is 10.8 Å². The van der Waals surface area contributed by atoms with Gasteiger partial charge in [0.2, 0.25) is 0 Å². The van der Waals surface area contributed by atoms with Crippen molar-refractivity contribution in [2.45, 2.75) is 12.5 Å². The van der Waals surface area contributed by atoms with Gasteiger partial charge in [-0.25, -0.2) is 0 Å². The van der Waals surface area contributed by atoms with E-state index in [0.717, 1.165) is 11.3 Å². The molecular weight excluding hydrogens is 181 g/mol. The Bertz CT molecular complexity index is 287. The van der Waals surface area contributed by atoms with Crippen molar-refractivity contribution in [1.29, 1.82) is 0 Å². The van der Waals surface area contributed by atoms with Crippen LogP contribution in [0.2, 0.25) is 0 Å². The van der Waals surface area contributed by atoms with Crippen LogP contribution in [-0.2, 0) is 4.79 Å². The van der Waals surface area contributed by atoms with Crippen molar-refractivity contribution in [3.05, 3.63) is 22.1 Å². The Morgan fingerprint density at radius 2 is 2.50 bits per heavy atom. The summed E-state index contributed by atoms with van der Waals surface area (Å²) in [7, 11) is 0. The van der Waals surface area contributed by atoms with Crippen LogP contribution in [0.1, 0.15) is 18.0 Å². The third-order valence-electron chi connectivity index (χ3n) is 1.41. The summed E-state index contributed by atoms with van der Waals surface area (Å²) in [5.74, 6) is -0.978. The molecule has 3 N–H and O–H groups in total. The van der Waals surface area contributed by atoms with Crippen LogP contribution in [0, 0.1) is 5.13 Å². The fourth-order valence-corrected chi connectivity index (χ4v) is 1.52. The number of rotatable bonds is 3. The Hall–Kier alpha value is -0.940. The Morgan fingerprint density at radius 3 is 2.92 bits per heavy atom. The molecule has 0 spiro atoms. The first kappa shape index (κ1) is 9.15. The van der Waals surface area contributed by atoms with Gasteiger partial charge in [0, 0.05) is 6.04 Å². The van der Waals surface area contributed by atoms with Gasteiger partial charge in [0.05, 0.1) is 6.42 Å². The SMILES string of the molecule is NC(CC(=O)O)c1csc(F)c1. The Morgan fingerprint density at radius 1 is 1.83 bits per heavy atom. The fourth-order valence-electron chi connectivity index (χ4n) is 0.824. The van der Waals surface area contributed by atoms with Gasteiger partial charge in [0.1, 0.15) is 0 Å². The quantitative estimate of drug-likeness (QED) is 0.754. The average molecular weight is 189 g/mol. The number of nitrogens with two attached hydrogens (primary N) is 1. The van der Waals surface area contributed by atoms with E-state index in [0.29, 0.717) is 5.56 Å². The van der Waals surface area contributed by atoms with Crippen LogP contribution in [-0.4, -0.2) is 11.1 Å². The highest BCUT2D eigenvalue weighted by Crippen LogP contribution is 2.19. The predicted octanol–water partition coefficient (Wildman–Crippen LogP) is 1.36. The van der Waals surface area contributed by atoms with E-state index in [2.05, 4.69) is 0 Å². The van der Waals surface area contributed by atoms with E-state index < -0.39 is 12.0 Å². The van der Waals surface area contributed by atoms with Crippen molar-refractivity contribution >= 4 is 17.3 Å². The zero-order valence-electron chi connectivity index (χ0n) is 6.16. The molecular formula is C7H8FNO2S. The third-order valence-corrected chi connectivity index (χ3v) is 2.14. The molecule has 0 aliphatic rings. The molecule has 0 saturated carbocycles. The molecule has 0 aliphatic heterocycles. The van der Waals surface area contributed by atoms with Gasteiger partial charge in [0.15, 0.2) is 5.13 Å². The fraction of sp³-hybridized carbons (Fsp3) is 0.286. The number of carbonyl (C=O) groups is 1. The zero-order valence-corrected chi connectivity index (χ0v) is 6.97. The summed E-state index contributed by atoms with van der Waals surface area (Å²) in [6, 6.07) is 0.654. The van der Waals surface area contributed by atoms with Crippen LogP contribution < -0.4 is 5.73 Å². The summed E-state index contributed by atoms with van der Waals surface area (Å²) < 4.78 is 12.4. The van der Waals surface area contributed by atoms with Crippen molar-refractivity contribution in [3.8, 4) is 0 Å². The maximum Gasteiger partial charge on any atom is 0.305 e. The molecule has 0 bridgehead atoms. The van der Waals surface area contributed by atoms with Crippen molar-refractivity contribution in [3.63, 3.8) is 0 Å². The minimum atomic E-state index is -0.978. The minimum absolute atomic E-state index is 0.170. The second-order valence-electron chi connectivity index (χ2n) is 2.39. The highest BCUT2D eigenvalue weighted by molar-refractivity contribution is 7.08. The summed E-state index contributed by atoms with van der Waals surface area (Å²) in [6.45, 7) is 0. The van der Waals surface area contributed by atoms with Gasteiger partial charge < -0.3 is 10.8 Å². The first-order valence-corrected chi connectivity index (χ1v) is 4.19. The highest BCUT2D eigenvalue weighted by Gasteiger charge is 2.12. The van der Waals surface area contributed by atoms with Gasteiger partial charge in [-0.05, 0) is 17.0 Å². The number of thiophene rings is 1. The average Bonchev–Trinajstić information content (AvgIpc) is 2.34. The molecule has 66 valence electrons. The first-order chi connectivity index (χ1) is 5.59. The van der Waals surface area contributed by atoms with Gasteiger partial charge in [-0.2, -0.15) is 4.39 Å². The van der Waals surface area contributed by atoms with E-state index in [1.807, 2.05) is 0 Å². The van der Waals surface area contributed by atoms with E-state index in [1.54, 1.807) is 0 Å². The van der Waals surface area contributed by atoms with E-state index in [-0.39, 0.29) is 11.6 Å². The number of hydrogen-bond donors (Lipinski definition) is 2. The number of hydrogen-bond acceptors (Lipinski definition) is 3. The molecule has 0 aliphatic carbocycles. The number of halogens is 1. The second kappa shape index (κ2) is 3.64. The molecule has 0 radical (unpaired) electrons. The Balaban J connectivity index is 2.64. The summed E-state index contributed by atoms with van der Waals surface area (Å²) in [5, 5.41) is 9.57. The summed E-state index contributed by atoms with van der Waals surface area (Å²) in [5.41, 5.74) is 6.01. The van der Waals surface area contributed by atoms with E-state index in [1.165, 1.54) is 11.4 Å². The highest BCUT2D eigenvalue weighted by atomic mass is 32.1. The van der Waals surface area contributed by atoms with Crippen LogP contribution in [0.5, 0.6) is 0 Å². The molecule has 12 heavy (non-hydrogen) atoms. The number of carboxylic acids is 1. The van der Waals surface area contributed by atoms with Crippen molar-refractivity contribution in [2.24, 2.45) is 5.73 Å². The van der Waals surface area contributed by atoms with Crippen molar-refractivity contribution in [2.75, 3.05) is 0 Å². The standard InChI is InChI=1S/C7H8FNO2S/c8-6-1-4(3-12-6)5(9)2-7(10)11/h1,3,5H,2,9H2,(H,10,11). The zero-order chi connectivity index (χ0) is 9.14. The van der Waals surface area contributed by atoms with Crippen molar-refractivity contribution < 1.29 is 14.3 Å². The summed E-state index contributed by atoms with van der Waals surface area (Å²) in [4.78, 5) is 10.2. The molecule has 1 aromatic rings. The molecule has 5 heteroatoms. The summed E-state index contributed by atoms with van der Waals surface area (Å²) in [6.07, 6.45) is -0.170. The van der Waals surface area contributed by atoms with Gasteiger partial charge in [-0.15, -0.1) is 11.3 Å². The van der Waals surface area contributed by atoms with Crippen LogP contribution in [0.15, 0.2) is 11.4 Å². The van der Waals surface area contributed by atoms with Crippen LogP contribution in [0.3, 0.4) is 0 Å². The third kappa shape index (κ3) is 2.28.